The summed E-state index contributed by atoms with van der Waals surface area (Å²) in [5.74, 6) is 0. The lowest BCUT2D eigenvalue weighted by atomic mass is 9.90. The molecule has 86 valence electrons. The van der Waals surface area contributed by atoms with E-state index in [1.807, 2.05) is 20.8 Å². The molecule has 0 aromatic rings. The Hall–Kier alpha value is -0.220. The molecule has 0 aromatic carbocycles. The molecule has 14 heavy (non-hydrogen) atoms. The van der Waals surface area contributed by atoms with Gasteiger partial charge >= 0.3 is 0 Å². The van der Waals surface area contributed by atoms with E-state index in [1.54, 1.807) is 4.90 Å². The Labute approximate surface area is 85.5 Å². The smallest absolute Gasteiger partial charge is 0.251 e. The summed E-state index contributed by atoms with van der Waals surface area (Å²) in [5, 5.41) is 0. The van der Waals surface area contributed by atoms with Crippen molar-refractivity contribution >= 4 is 0 Å². The molecule has 0 heterocycles. The number of likely N-dealkylation sites (N-methyl/N-ethyl adjacent to an activating group) is 1. The quantitative estimate of drug-likeness (QED) is 0.694. The van der Waals surface area contributed by atoms with Crippen molar-refractivity contribution in [2.24, 2.45) is 5.73 Å². The van der Waals surface area contributed by atoms with E-state index in [0.29, 0.717) is 13.1 Å². The van der Waals surface area contributed by atoms with Gasteiger partial charge in [-0.05, 0) is 19.4 Å². The van der Waals surface area contributed by atoms with Gasteiger partial charge in [-0.15, -0.1) is 0 Å². The van der Waals surface area contributed by atoms with Gasteiger partial charge in [0.05, 0.1) is 6.54 Å². The molecule has 0 spiro atoms. The lowest BCUT2D eigenvalue weighted by Gasteiger charge is -2.41. The first kappa shape index (κ1) is 13.8. The van der Waals surface area contributed by atoms with E-state index in [1.165, 1.54) is 0 Å². The zero-order valence-electron chi connectivity index (χ0n) is 9.39. The maximum absolute atomic E-state index is 12.3. The molecule has 0 aliphatic heterocycles. The highest BCUT2D eigenvalue weighted by Crippen LogP contribution is 2.23. The van der Waals surface area contributed by atoms with Crippen LogP contribution in [0.2, 0.25) is 0 Å². The molecular formula is C10H22F2N2. The molecule has 0 aromatic heterocycles. The van der Waals surface area contributed by atoms with Gasteiger partial charge in [0.15, 0.2) is 0 Å². The summed E-state index contributed by atoms with van der Waals surface area (Å²) in [6.07, 6.45) is -0.639. The summed E-state index contributed by atoms with van der Waals surface area (Å²) < 4.78 is 24.7. The van der Waals surface area contributed by atoms with Gasteiger partial charge in [-0.1, -0.05) is 20.8 Å². The van der Waals surface area contributed by atoms with Crippen LogP contribution in [-0.2, 0) is 0 Å². The Morgan fingerprint density at radius 1 is 1.21 bits per heavy atom. The van der Waals surface area contributed by atoms with E-state index in [2.05, 4.69) is 0 Å². The van der Waals surface area contributed by atoms with Gasteiger partial charge in [-0.25, -0.2) is 8.78 Å². The molecule has 2 nitrogen and oxygen atoms in total. The number of hydrogen-bond donors (Lipinski definition) is 1. The second-order valence-corrected chi connectivity index (χ2v) is 3.57. The molecule has 0 aliphatic rings. The fraction of sp³-hybridized carbons (Fsp3) is 1.00. The molecule has 0 saturated carbocycles. The molecule has 0 fully saturated rings. The standard InChI is InChI=1S/C10H22F2N2/c1-4-10(5-2,8-13)14(6-3)7-9(11)12/h9H,4-8,13H2,1-3H3. The molecule has 0 aliphatic carbocycles. The Balaban J connectivity index is 4.56. The van der Waals surface area contributed by atoms with Gasteiger partial charge in [0, 0.05) is 12.1 Å². The molecule has 2 N–H and O–H groups in total. The first-order chi connectivity index (χ1) is 6.56. The summed E-state index contributed by atoms with van der Waals surface area (Å²) in [7, 11) is 0. The van der Waals surface area contributed by atoms with Crippen molar-refractivity contribution in [2.45, 2.75) is 45.6 Å². The number of halogens is 2. The summed E-state index contributed by atoms with van der Waals surface area (Å²) in [6.45, 7) is 6.81. The van der Waals surface area contributed by atoms with Gasteiger partial charge in [0.2, 0.25) is 0 Å². The third kappa shape index (κ3) is 3.17. The van der Waals surface area contributed by atoms with Crippen LogP contribution in [0.3, 0.4) is 0 Å². The SMILES string of the molecule is CCN(CC(F)F)C(CC)(CC)CN. The van der Waals surface area contributed by atoms with Crippen LogP contribution in [0.5, 0.6) is 0 Å². The van der Waals surface area contributed by atoms with Crippen LogP contribution < -0.4 is 5.73 Å². The summed E-state index contributed by atoms with van der Waals surface area (Å²) in [5.41, 5.74) is 5.45. The van der Waals surface area contributed by atoms with E-state index in [9.17, 15) is 8.78 Å². The number of nitrogens with zero attached hydrogens (tertiary/aromatic N) is 1. The van der Waals surface area contributed by atoms with Crippen LogP contribution in [0.4, 0.5) is 8.78 Å². The van der Waals surface area contributed by atoms with Crippen LogP contribution in [0, 0.1) is 0 Å². The Morgan fingerprint density at radius 3 is 1.93 bits per heavy atom. The van der Waals surface area contributed by atoms with Gasteiger partial charge in [0.1, 0.15) is 0 Å². The molecular weight excluding hydrogens is 186 g/mol. The largest absolute Gasteiger partial charge is 0.329 e. The minimum absolute atomic E-state index is 0.171. The molecule has 0 atom stereocenters. The highest BCUT2D eigenvalue weighted by molar-refractivity contribution is 4.89. The number of nitrogens with two attached hydrogens (primary N) is 1. The Kier molecular flexibility index (Phi) is 6.20. The van der Waals surface area contributed by atoms with Gasteiger partial charge in [-0.3, -0.25) is 4.90 Å². The third-order valence-corrected chi connectivity index (χ3v) is 3.11. The van der Waals surface area contributed by atoms with E-state index in [4.69, 9.17) is 5.73 Å². The lowest BCUT2D eigenvalue weighted by molar-refractivity contribution is 0.0207. The van der Waals surface area contributed by atoms with Crippen molar-refractivity contribution in [1.82, 2.24) is 4.90 Å². The topological polar surface area (TPSA) is 29.3 Å². The van der Waals surface area contributed by atoms with Crippen molar-refractivity contribution in [2.75, 3.05) is 19.6 Å². The molecule has 0 saturated heterocycles. The second-order valence-electron chi connectivity index (χ2n) is 3.57. The zero-order valence-corrected chi connectivity index (χ0v) is 9.39. The highest BCUT2D eigenvalue weighted by atomic mass is 19.3. The van der Waals surface area contributed by atoms with E-state index in [0.717, 1.165) is 12.8 Å². The van der Waals surface area contributed by atoms with Crippen molar-refractivity contribution in [3.05, 3.63) is 0 Å². The van der Waals surface area contributed by atoms with Crippen LogP contribution in [0.1, 0.15) is 33.6 Å². The monoisotopic (exact) mass is 208 g/mol. The summed E-state index contributed by atoms with van der Waals surface area (Å²) in [4.78, 5) is 1.80. The van der Waals surface area contributed by atoms with Gasteiger partial charge < -0.3 is 5.73 Å². The van der Waals surface area contributed by atoms with Gasteiger partial charge in [-0.2, -0.15) is 0 Å². The summed E-state index contributed by atoms with van der Waals surface area (Å²) >= 11 is 0. The maximum Gasteiger partial charge on any atom is 0.251 e. The summed E-state index contributed by atoms with van der Waals surface area (Å²) in [6, 6.07) is 0. The lowest BCUT2D eigenvalue weighted by Crippen LogP contribution is -2.54. The van der Waals surface area contributed by atoms with Crippen molar-refractivity contribution in [1.29, 1.82) is 0 Å². The normalized spacial score (nSPS) is 12.9. The van der Waals surface area contributed by atoms with Crippen LogP contribution >= 0.6 is 0 Å². The molecule has 0 rings (SSSR count). The minimum atomic E-state index is -2.28. The minimum Gasteiger partial charge on any atom is -0.329 e. The number of rotatable bonds is 7. The van der Waals surface area contributed by atoms with Crippen molar-refractivity contribution < 1.29 is 8.78 Å². The molecule has 0 unspecified atom stereocenters. The van der Waals surface area contributed by atoms with Crippen molar-refractivity contribution in [3.8, 4) is 0 Å². The van der Waals surface area contributed by atoms with Crippen molar-refractivity contribution in [3.63, 3.8) is 0 Å². The third-order valence-electron chi connectivity index (χ3n) is 3.11. The predicted octanol–water partition coefficient (Wildman–Crippen LogP) is 2.09. The Bertz CT molecular complexity index is 139. The van der Waals surface area contributed by atoms with Crippen LogP contribution in [0.25, 0.3) is 0 Å². The predicted molar refractivity (Wildman–Crippen MR) is 55.6 cm³/mol. The van der Waals surface area contributed by atoms with E-state index >= 15 is 0 Å². The Morgan fingerprint density at radius 2 is 1.71 bits per heavy atom. The number of hydrogen-bond acceptors (Lipinski definition) is 2. The number of alkyl halides is 2. The van der Waals surface area contributed by atoms with E-state index in [-0.39, 0.29) is 12.1 Å². The highest BCUT2D eigenvalue weighted by Gasteiger charge is 2.32. The molecule has 0 amide bonds. The zero-order chi connectivity index (χ0) is 11.2. The first-order valence-corrected chi connectivity index (χ1v) is 5.29. The van der Waals surface area contributed by atoms with E-state index < -0.39 is 6.43 Å². The van der Waals surface area contributed by atoms with Crippen LogP contribution in [-0.4, -0.2) is 36.5 Å². The average molecular weight is 208 g/mol. The maximum atomic E-state index is 12.3. The van der Waals surface area contributed by atoms with Gasteiger partial charge in [0.25, 0.3) is 6.43 Å². The molecule has 0 bridgehead atoms. The second kappa shape index (κ2) is 6.30. The fourth-order valence-electron chi connectivity index (χ4n) is 1.94. The van der Waals surface area contributed by atoms with Crippen LogP contribution in [0.15, 0.2) is 0 Å². The molecule has 0 radical (unpaired) electrons. The average Bonchev–Trinajstić information content (AvgIpc) is 2.19. The molecule has 4 heteroatoms. The first-order valence-electron chi connectivity index (χ1n) is 5.29. The fourth-order valence-corrected chi connectivity index (χ4v) is 1.94.